The van der Waals surface area contributed by atoms with Crippen LogP contribution in [0.15, 0.2) is 0 Å². The van der Waals surface area contributed by atoms with Crippen molar-refractivity contribution in [3.05, 3.63) is 17.5 Å². The van der Waals surface area contributed by atoms with E-state index in [0.717, 1.165) is 0 Å². The van der Waals surface area contributed by atoms with Crippen molar-refractivity contribution in [1.29, 1.82) is 0 Å². The third-order valence-electron chi connectivity index (χ3n) is 1.32. The molecule has 0 aliphatic heterocycles. The molecule has 72 valence electrons. The molecule has 1 heterocycles. The molecule has 0 spiro atoms. The van der Waals surface area contributed by atoms with E-state index in [0.29, 0.717) is 11.6 Å². The van der Waals surface area contributed by atoms with E-state index in [2.05, 4.69) is 15.0 Å². The first kappa shape index (κ1) is 4.46. The number of aromatic nitrogens is 3. The van der Waals surface area contributed by atoms with Crippen LogP contribution in [0.3, 0.4) is 0 Å². The second kappa shape index (κ2) is 3.38. The van der Waals surface area contributed by atoms with Gasteiger partial charge in [-0.25, -0.2) is 15.0 Å². The Bertz CT molecular complexity index is 436. The van der Waals surface area contributed by atoms with Crippen molar-refractivity contribution < 1.29 is 13.3 Å². The van der Waals surface area contributed by atoms with E-state index in [1.807, 2.05) is 0 Å². The van der Waals surface area contributed by atoms with Crippen LogP contribution in [0.2, 0.25) is 0 Å². The first-order chi connectivity index (χ1) is 8.37. The van der Waals surface area contributed by atoms with Gasteiger partial charge in [0.2, 0.25) is 0 Å². The van der Waals surface area contributed by atoms with E-state index in [1.165, 1.54) is 0 Å². The zero-order valence-corrected chi connectivity index (χ0v) is 7.50. The normalized spacial score (nSPS) is 20.5. The standard InChI is InChI=1S/C9H15N3O/c1-6-10-7(2)12-8(11-6)5-9(3,4)13/h13H,5H2,1-4H3/i3D3,4D3. The van der Waals surface area contributed by atoms with Crippen molar-refractivity contribution in [2.45, 2.75) is 39.6 Å². The lowest BCUT2D eigenvalue weighted by molar-refractivity contribution is 0.0786. The van der Waals surface area contributed by atoms with Gasteiger partial charge in [-0.15, -0.1) is 0 Å². The summed E-state index contributed by atoms with van der Waals surface area (Å²) in [4.78, 5) is 11.6. The van der Waals surface area contributed by atoms with Gasteiger partial charge in [0.15, 0.2) is 0 Å². The number of aliphatic hydroxyl groups is 1. The topological polar surface area (TPSA) is 58.9 Å². The van der Waals surface area contributed by atoms with Gasteiger partial charge in [0.05, 0.1) is 5.60 Å². The fourth-order valence-corrected chi connectivity index (χ4v) is 0.991. The highest BCUT2D eigenvalue weighted by Gasteiger charge is 2.15. The second-order valence-electron chi connectivity index (χ2n) is 2.88. The third kappa shape index (κ3) is 3.46. The lowest BCUT2D eigenvalue weighted by atomic mass is 10.1. The smallest absolute Gasteiger partial charge is 0.135 e. The SMILES string of the molecule is [2H]C([2H])([2H])C(O)(Cc1nc(C)nc(C)n1)C([2H])([2H])[2H]. The molecular weight excluding hydrogens is 166 g/mol. The van der Waals surface area contributed by atoms with E-state index in [-0.39, 0.29) is 5.82 Å². The van der Waals surface area contributed by atoms with Crippen molar-refractivity contribution in [3.8, 4) is 0 Å². The summed E-state index contributed by atoms with van der Waals surface area (Å²) in [5, 5.41) is 10.1. The van der Waals surface area contributed by atoms with Crippen LogP contribution >= 0.6 is 0 Å². The van der Waals surface area contributed by atoms with Gasteiger partial charge in [-0.1, -0.05) is 0 Å². The molecule has 0 aliphatic carbocycles. The summed E-state index contributed by atoms with van der Waals surface area (Å²) in [7, 11) is 0. The molecule has 1 aromatic heterocycles. The molecule has 1 N–H and O–H groups in total. The molecular formula is C9H15N3O. The predicted octanol–water partition coefficient (Wildman–Crippen LogP) is 0.802. The molecule has 13 heavy (non-hydrogen) atoms. The summed E-state index contributed by atoms with van der Waals surface area (Å²) in [5.74, 6) is 0.613. The molecule has 0 aliphatic rings. The Kier molecular flexibility index (Phi) is 1.16. The van der Waals surface area contributed by atoms with Crippen molar-refractivity contribution in [2.75, 3.05) is 0 Å². The first-order valence-electron chi connectivity index (χ1n) is 6.77. The number of rotatable bonds is 2. The minimum Gasteiger partial charge on any atom is -0.390 e. The number of hydrogen-bond acceptors (Lipinski definition) is 4. The predicted molar refractivity (Wildman–Crippen MR) is 49.3 cm³/mol. The Labute approximate surface area is 86.5 Å². The Morgan fingerprint density at radius 2 is 1.77 bits per heavy atom. The molecule has 1 rings (SSSR count). The summed E-state index contributed by atoms with van der Waals surface area (Å²) in [6.07, 6.45) is -0.690. The molecule has 0 unspecified atom stereocenters. The Morgan fingerprint density at radius 1 is 1.23 bits per heavy atom. The molecule has 0 saturated carbocycles. The van der Waals surface area contributed by atoms with Gasteiger partial charge in [0.25, 0.3) is 0 Å². The average molecular weight is 187 g/mol. The molecule has 0 aromatic carbocycles. The van der Waals surface area contributed by atoms with E-state index >= 15 is 0 Å². The maximum atomic E-state index is 10.1. The molecule has 0 bridgehead atoms. The van der Waals surface area contributed by atoms with E-state index < -0.39 is 25.7 Å². The van der Waals surface area contributed by atoms with Crippen LogP contribution in [0.5, 0.6) is 0 Å². The van der Waals surface area contributed by atoms with Gasteiger partial charge in [-0.3, -0.25) is 0 Å². The van der Waals surface area contributed by atoms with Gasteiger partial charge in [-0.05, 0) is 27.6 Å². The Balaban J connectivity index is 3.23. The van der Waals surface area contributed by atoms with Gasteiger partial charge in [0, 0.05) is 14.6 Å². The maximum Gasteiger partial charge on any atom is 0.135 e. The largest absolute Gasteiger partial charge is 0.390 e. The minimum absolute atomic E-state index is 0.0558. The number of nitrogens with zero attached hydrogens (tertiary/aromatic N) is 3. The first-order valence-corrected chi connectivity index (χ1v) is 3.77. The highest BCUT2D eigenvalue weighted by atomic mass is 16.3. The van der Waals surface area contributed by atoms with E-state index in [9.17, 15) is 5.11 Å². The van der Waals surface area contributed by atoms with Crippen LogP contribution in [0.25, 0.3) is 0 Å². The highest BCUT2D eigenvalue weighted by Crippen LogP contribution is 2.08. The third-order valence-corrected chi connectivity index (χ3v) is 1.32. The van der Waals surface area contributed by atoms with Crippen molar-refractivity contribution in [2.24, 2.45) is 0 Å². The van der Waals surface area contributed by atoms with Gasteiger partial charge < -0.3 is 5.11 Å². The van der Waals surface area contributed by atoms with Crippen LogP contribution < -0.4 is 0 Å². The lowest BCUT2D eigenvalue weighted by Crippen LogP contribution is -2.24. The van der Waals surface area contributed by atoms with E-state index in [4.69, 9.17) is 8.22 Å². The Hall–Kier alpha value is -1.03. The molecule has 0 amide bonds. The molecule has 4 nitrogen and oxygen atoms in total. The van der Waals surface area contributed by atoms with Gasteiger partial charge in [0.1, 0.15) is 17.5 Å². The zero-order valence-electron chi connectivity index (χ0n) is 13.5. The molecule has 4 heteroatoms. The molecule has 0 saturated heterocycles. The van der Waals surface area contributed by atoms with Crippen LogP contribution in [0, 0.1) is 13.8 Å². The Morgan fingerprint density at radius 3 is 2.23 bits per heavy atom. The van der Waals surface area contributed by atoms with Crippen LogP contribution in [0.1, 0.15) is 39.4 Å². The highest BCUT2D eigenvalue weighted by molar-refractivity contribution is 4.97. The minimum atomic E-state index is -3.08. The quantitative estimate of drug-likeness (QED) is 0.744. The fourth-order valence-electron chi connectivity index (χ4n) is 0.991. The van der Waals surface area contributed by atoms with Crippen molar-refractivity contribution in [3.63, 3.8) is 0 Å². The van der Waals surface area contributed by atoms with Crippen LogP contribution in [-0.4, -0.2) is 25.7 Å². The molecule has 0 fully saturated rings. The van der Waals surface area contributed by atoms with Gasteiger partial charge >= 0.3 is 0 Å². The maximum absolute atomic E-state index is 10.1. The molecule has 0 radical (unpaired) electrons. The number of hydrogen-bond donors (Lipinski definition) is 1. The molecule has 0 atom stereocenters. The monoisotopic (exact) mass is 187 g/mol. The van der Waals surface area contributed by atoms with Crippen molar-refractivity contribution >= 4 is 0 Å². The summed E-state index contributed by atoms with van der Waals surface area (Å²) in [6, 6.07) is 0. The van der Waals surface area contributed by atoms with Crippen LogP contribution in [0.4, 0.5) is 0 Å². The molecule has 1 aromatic rings. The second-order valence-corrected chi connectivity index (χ2v) is 2.88. The average Bonchev–Trinajstić information content (AvgIpc) is 2.11. The summed E-state index contributed by atoms with van der Waals surface area (Å²) in [5.41, 5.74) is -2.89. The van der Waals surface area contributed by atoms with E-state index in [1.54, 1.807) is 13.8 Å². The number of aryl methyl sites for hydroxylation is 2. The summed E-state index contributed by atoms with van der Waals surface area (Å²) in [6.45, 7) is -3.01. The van der Waals surface area contributed by atoms with Crippen LogP contribution in [-0.2, 0) is 6.42 Å². The lowest BCUT2D eigenvalue weighted by Gasteiger charge is -2.15. The summed E-state index contributed by atoms with van der Waals surface area (Å²) < 4.78 is 43.5. The zero-order chi connectivity index (χ0) is 15.1. The fraction of sp³-hybridized carbons (Fsp3) is 0.667. The van der Waals surface area contributed by atoms with Gasteiger partial charge in [-0.2, -0.15) is 0 Å². The van der Waals surface area contributed by atoms with Crippen molar-refractivity contribution in [1.82, 2.24) is 15.0 Å². The summed E-state index contributed by atoms with van der Waals surface area (Å²) >= 11 is 0.